The number of rotatable bonds is 3. The minimum Gasteiger partial charge on any atom is -0.354 e. The molecule has 0 aromatic heterocycles. The summed E-state index contributed by atoms with van der Waals surface area (Å²) in [4.78, 5) is 11.6. The largest absolute Gasteiger partial charge is 0.354 e. The smallest absolute Gasteiger partial charge is 0.237 e. The third-order valence-corrected chi connectivity index (χ3v) is 3.45. The summed E-state index contributed by atoms with van der Waals surface area (Å²) in [5.74, 6) is 1.84. The second kappa shape index (κ2) is 3.70. The molecule has 0 unspecified atom stereocenters. The van der Waals surface area contributed by atoms with Gasteiger partial charge in [-0.05, 0) is 37.5 Å². The van der Waals surface area contributed by atoms with E-state index in [9.17, 15) is 4.79 Å². The van der Waals surface area contributed by atoms with E-state index < -0.39 is 0 Å². The monoisotopic (exact) mass is 216 g/mol. The first-order chi connectivity index (χ1) is 6.33. The Balaban J connectivity index is 0.000000750. The quantitative estimate of drug-likeness (QED) is 0.729. The molecule has 3 atom stereocenters. The lowest BCUT2D eigenvalue weighted by atomic mass is 10.1. The van der Waals surface area contributed by atoms with Gasteiger partial charge < -0.3 is 10.6 Å². The fourth-order valence-electron chi connectivity index (χ4n) is 2.21. The number of halogens is 1. The minimum atomic E-state index is 0. The van der Waals surface area contributed by atoms with Gasteiger partial charge in [-0.15, -0.1) is 12.4 Å². The number of amides is 1. The van der Waals surface area contributed by atoms with Gasteiger partial charge >= 0.3 is 0 Å². The maximum Gasteiger partial charge on any atom is 0.237 e. The molecule has 0 aromatic rings. The van der Waals surface area contributed by atoms with E-state index in [0.29, 0.717) is 6.04 Å². The SMILES string of the molecule is Cl.O=C(NCC1CC1)[C@@H]1C[C@@H]2C[C@@H]2N1. The summed E-state index contributed by atoms with van der Waals surface area (Å²) in [6.07, 6.45) is 4.99. The van der Waals surface area contributed by atoms with Gasteiger partial charge in [-0.1, -0.05) is 0 Å². The molecule has 4 heteroatoms. The number of carbonyl (C=O) groups excluding carboxylic acids is 1. The van der Waals surface area contributed by atoms with Crippen LogP contribution in [0.4, 0.5) is 0 Å². The standard InChI is InChI=1S/C10H16N2O.ClH/c13-10(11-5-6-1-2-6)9-4-7-3-8(7)12-9;/h6-9,12H,1-5H2,(H,11,13);1H/t7-,8-,9-;/m0./s1. The first kappa shape index (κ1) is 10.2. The Bertz CT molecular complexity index is 232. The Morgan fingerprint density at radius 3 is 2.71 bits per heavy atom. The summed E-state index contributed by atoms with van der Waals surface area (Å²) in [7, 11) is 0. The molecule has 3 aliphatic rings. The fraction of sp³-hybridized carbons (Fsp3) is 0.900. The van der Waals surface area contributed by atoms with Crippen molar-refractivity contribution in [1.29, 1.82) is 0 Å². The molecule has 2 saturated carbocycles. The molecule has 2 aliphatic carbocycles. The summed E-state index contributed by atoms with van der Waals surface area (Å²) < 4.78 is 0. The Morgan fingerprint density at radius 2 is 2.14 bits per heavy atom. The highest BCUT2D eigenvalue weighted by molar-refractivity contribution is 5.85. The van der Waals surface area contributed by atoms with Crippen molar-refractivity contribution in [2.24, 2.45) is 11.8 Å². The van der Waals surface area contributed by atoms with E-state index >= 15 is 0 Å². The van der Waals surface area contributed by atoms with E-state index in [-0.39, 0.29) is 24.4 Å². The Labute approximate surface area is 90.4 Å². The highest BCUT2D eigenvalue weighted by atomic mass is 35.5. The molecule has 80 valence electrons. The molecule has 1 amide bonds. The van der Waals surface area contributed by atoms with E-state index in [2.05, 4.69) is 10.6 Å². The topological polar surface area (TPSA) is 41.1 Å². The molecule has 3 rings (SSSR count). The summed E-state index contributed by atoms with van der Waals surface area (Å²) in [5.41, 5.74) is 0. The van der Waals surface area contributed by atoms with Crippen molar-refractivity contribution in [3.63, 3.8) is 0 Å². The van der Waals surface area contributed by atoms with Crippen molar-refractivity contribution in [2.75, 3.05) is 6.54 Å². The molecular weight excluding hydrogens is 200 g/mol. The third-order valence-electron chi connectivity index (χ3n) is 3.45. The van der Waals surface area contributed by atoms with Gasteiger partial charge in [0, 0.05) is 12.6 Å². The van der Waals surface area contributed by atoms with Crippen molar-refractivity contribution >= 4 is 18.3 Å². The van der Waals surface area contributed by atoms with Crippen LogP contribution in [0.1, 0.15) is 25.7 Å². The van der Waals surface area contributed by atoms with Crippen LogP contribution < -0.4 is 10.6 Å². The Hall–Kier alpha value is -0.280. The highest BCUT2D eigenvalue weighted by Crippen LogP contribution is 2.40. The molecule has 1 saturated heterocycles. The third kappa shape index (κ3) is 2.04. The molecule has 1 aliphatic heterocycles. The number of fused-ring (bicyclic) bond motifs is 1. The van der Waals surface area contributed by atoms with Gasteiger partial charge in [-0.25, -0.2) is 0 Å². The second-order valence-corrected chi connectivity index (χ2v) is 4.75. The Kier molecular flexibility index (Phi) is 2.71. The minimum absolute atomic E-state index is 0. The summed E-state index contributed by atoms with van der Waals surface area (Å²) in [6.45, 7) is 0.909. The van der Waals surface area contributed by atoms with Crippen molar-refractivity contribution in [3.8, 4) is 0 Å². The summed E-state index contributed by atoms with van der Waals surface area (Å²) in [6, 6.07) is 0.805. The summed E-state index contributed by atoms with van der Waals surface area (Å²) in [5, 5.41) is 6.39. The zero-order valence-electron chi connectivity index (χ0n) is 8.16. The average Bonchev–Trinajstić information content (AvgIpc) is 3.04. The van der Waals surface area contributed by atoms with Crippen LogP contribution in [0.15, 0.2) is 0 Å². The van der Waals surface area contributed by atoms with E-state index in [1.54, 1.807) is 0 Å². The van der Waals surface area contributed by atoms with E-state index in [1.807, 2.05) is 0 Å². The van der Waals surface area contributed by atoms with Crippen LogP contribution in [0, 0.1) is 11.8 Å². The van der Waals surface area contributed by atoms with E-state index in [1.165, 1.54) is 19.3 Å². The molecule has 14 heavy (non-hydrogen) atoms. The van der Waals surface area contributed by atoms with Crippen molar-refractivity contribution in [2.45, 2.75) is 37.8 Å². The van der Waals surface area contributed by atoms with Gasteiger partial charge in [0.25, 0.3) is 0 Å². The van der Waals surface area contributed by atoms with Crippen LogP contribution >= 0.6 is 12.4 Å². The molecule has 2 N–H and O–H groups in total. The number of piperidine rings is 1. The zero-order valence-corrected chi connectivity index (χ0v) is 8.98. The zero-order chi connectivity index (χ0) is 8.84. The van der Waals surface area contributed by atoms with Gasteiger partial charge in [0.15, 0.2) is 0 Å². The molecule has 0 bridgehead atoms. The lowest BCUT2D eigenvalue weighted by Gasteiger charge is -2.12. The maximum absolute atomic E-state index is 11.6. The van der Waals surface area contributed by atoms with Crippen LogP contribution in [-0.4, -0.2) is 24.5 Å². The van der Waals surface area contributed by atoms with Crippen LogP contribution in [-0.2, 0) is 4.79 Å². The van der Waals surface area contributed by atoms with Gasteiger partial charge in [0.1, 0.15) is 0 Å². The van der Waals surface area contributed by atoms with Crippen molar-refractivity contribution in [3.05, 3.63) is 0 Å². The molecule has 0 radical (unpaired) electrons. The highest BCUT2D eigenvalue weighted by Gasteiger charge is 2.47. The van der Waals surface area contributed by atoms with Crippen molar-refractivity contribution < 1.29 is 4.79 Å². The van der Waals surface area contributed by atoms with E-state index in [4.69, 9.17) is 0 Å². The lowest BCUT2D eigenvalue weighted by Crippen LogP contribution is -2.42. The average molecular weight is 217 g/mol. The van der Waals surface area contributed by atoms with Crippen LogP contribution in [0.3, 0.4) is 0 Å². The second-order valence-electron chi connectivity index (χ2n) is 4.75. The summed E-state index contributed by atoms with van der Waals surface area (Å²) >= 11 is 0. The van der Waals surface area contributed by atoms with Crippen molar-refractivity contribution in [1.82, 2.24) is 10.6 Å². The first-order valence-corrected chi connectivity index (χ1v) is 5.36. The number of hydrogen-bond acceptors (Lipinski definition) is 2. The molecule has 0 aromatic carbocycles. The molecular formula is C10H17ClN2O. The fourth-order valence-corrected chi connectivity index (χ4v) is 2.21. The van der Waals surface area contributed by atoms with Gasteiger partial charge in [-0.2, -0.15) is 0 Å². The predicted octanol–water partition coefficient (Wildman–Crippen LogP) is 0.685. The van der Waals surface area contributed by atoms with Crippen LogP contribution in [0.5, 0.6) is 0 Å². The first-order valence-electron chi connectivity index (χ1n) is 5.36. The van der Waals surface area contributed by atoms with Gasteiger partial charge in [0.2, 0.25) is 5.91 Å². The lowest BCUT2D eigenvalue weighted by molar-refractivity contribution is -0.123. The predicted molar refractivity (Wildman–Crippen MR) is 56.4 cm³/mol. The number of hydrogen-bond donors (Lipinski definition) is 2. The number of carbonyl (C=O) groups is 1. The van der Waals surface area contributed by atoms with Gasteiger partial charge in [-0.3, -0.25) is 4.79 Å². The molecule has 3 nitrogen and oxygen atoms in total. The maximum atomic E-state index is 11.6. The molecule has 0 spiro atoms. The van der Waals surface area contributed by atoms with Gasteiger partial charge in [0.05, 0.1) is 6.04 Å². The molecule has 3 fully saturated rings. The van der Waals surface area contributed by atoms with E-state index in [0.717, 1.165) is 24.8 Å². The normalized spacial score (nSPS) is 38.4. The number of nitrogens with one attached hydrogen (secondary N) is 2. The molecule has 1 heterocycles. The van der Waals surface area contributed by atoms with Crippen LogP contribution in [0.2, 0.25) is 0 Å². The Morgan fingerprint density at radius 1 is 1.36 bits per heavy atom. The van der Waals surface area contributed by atoms with Crippen LogP contribution in [0.25, 0.3) is 0 Å².